The summed E-state index contributed by atoms with van der Waals surface area (Å²) < 4.78 is 13.7. The Kier molecular flexibility index (Phi) is 3.95. The van der Waals surface area contributed by atoms with Crippen LogP contribution in [0.25, 0.3) is 0 Å². The predicted octanol–water partition coefficient (Wildman–Crippen LogP) is 4.21. The van der Waals surface area contributed by atoms with Crippen molar-refractivity contribution in [2.75, 3.05) is 11.1 Å². The maximum atomic E-state index is 13.7. The van der Waals surface area contributed by atoms with Crippen LogP contribution in [0.15, 0.2) is 23.2 Å². The van der Waals surface area contributed by atoms with Gasteiger partial charge >= 0.3 is 0 Å². The van der Waals surface area contributed by atoms with Crippen molar-refractivity contribution < 1.29 is 4.39 Å². The zero-order valence-electron chi connectivity index (χ0n) is 11.1. The van der Waals surface area contributed by atoms with E-state index in [2.05, 4.69) is 19.2 Å². The largest absolute Gasteiger partial charge is 0.333 e. The number of rotatable bonds is 3. The predicted molar refractivity (Wildman–Crippen MR) is 78.0 cm³/mol. The van der Waals surface area contributed by atoms with E-state index in [9.17, 15) is 4.39 Å². The molecule has 2 rings (SSSR count). The van der Waals surface area contributed by atoms with E-state index < -0.39 is 0 Å². The lowest BCUT2D eigenvalue weighted by molar-refractivity contribution is 0.456. The number of aliphatic imine (C=N–C) groups is 1. The molecule has 0 aromatic heterocycles. The molecule has 0 unspecified atom stereocenters. The molecule has 0 saturated heterocycles. The maximum Gasteiger partial charge on any atom is 0.161 e. The van der Waals surface area contributed by atoms with Crippen LogP contribution in [-0.4, -0.2) is 16.5 Å². The van der Waals surface area contributed by atoms with Crippen LogP contribution >= 0.6 is 11.8 Å². The molecule has 0 spiro atoms. The summed E-state index contributed by atoms with van der Waals surface area (Å²) in [6, 6.07) is 5.21. The second-order valence-electron chi connectivity index (χ2n) is 4.75. The first kappa shape index (κ1) is 13.4. The molecular weight excluding hydrogens is 247 g/mol. The first-order valence-electron chi connectivity index (χ1n) is 6.34. The normalized spacial score (nSPS) is 17.7. The number of aryl methyl sites for hydroxylation is 1. The summed E-state index contributed by atoms with van der Waals surface area (Å²) in [5.41, 5.74) is 1.47. The van der Waals surface area contributed by atoms with E-state index in [1.165, 1.54) is 6.07 Å². The molecule has 0 fully saturated rings. The first-order valence-corrected chi connectivity index (χ1v) is 7.33. The van der Waals surface area contributed by atoms with Gasteiger partial charge in [-0.05, 0) is 37.5 Å². The molecular formula is C14H19FN2S. The van der Waals surface area contributed by atoms with Crippen LogP contribution < -0.4 is 5.32 Å². The molecule has 0 saturated carbocycles. The highest BCUT2D eigenvalue weighted by Gasteiger charge is 2.32. The molecule has 98 valence electrons. The summed E-state index contributed by atoms with van der Waals surface area (Å²) in [6.07, 6.45) is 2.05. The topological polar surface area (TPSA) is 24.4 Å². The van der Waals surface area contributed by atoms with Gasteiger partial charge in [0.1, 0.15) is 5.82 Å². The molecule has 1 N–H and O–H groups in total. The molecule has 1 aromatic rings. The van der Waals surface area contributed by atoms with Gasteiger partial charge in [0, 0.05) is 5.75 Å². The molecule has 2 nitrogen and oxygen atoms in total. The standard InChI is InChI=1S/C14H19FN2S/c1-4-14(5-2)9-18-13(17-14)16-12-7-6-10(3)8-11(12)15/h6-8H,4-5,9H2,1-3H3,(H,16,17). The maximum absolute atomic E-state index is 13.7. The molecule has 0 bridgehead atoms. The highest BCUT2D eigenvalue weighted by molar-refractivity contribution is 8.14. The molecule has 18 heavy (non-hydrogen) atoms. The van der Waals surface area contributed by atoms with Gasteiger partial charge in [0.25, 0.3) is 0 Å². The Morgan fingerprint density at radius 3 is 2.67 bits per heavy atom. The number of benzene rings is 1. The number of nitrogens with one attached hydrogen (secondary N) is 1. The smallest absolute Gasteiger partial charge is 0.161 e. The van der Waals surface area contributed by atoms with E-state index in [1.807, 2.05) is 13.0 Å². The zero-order chi connectivity index (χ0) is 13.2. The second kappa shape index (κ2) is 5.31. The Hall–Kier alpha value is -1.03. The van der Waals surface area contributed by atoms with Crippen LogP contribution in [0.4, 0.5) is 10.1 Å². The van der Waals surface area contributed by atoms with Crippen molar-refractivity contribution in [2.24, 2.45) is 4.99 Å². The van der Waals surface area contributed by atoms with Gasteiger partial charge in [-0.3, -0.25) is 4.99 Å². The fourth-order valence-electron chi connectivity index (χ4n) is 2.00. The van der Waals surface area contributed by atoms with Crippen molar-refractivity contribution in [2.45, 2.75) is 39.2 Å². The number of thioether (sulfide) groups is 1. The zero-order valence-corrected chi connectivity index (χ0v) is 11.9. The fourth-order valence-corrected chi connectivity index (χ4v) is 3.31. The summed E-state index contributed by atoms with van der Waals surface area (Å²) in [5.74, 6) is 0.763. The average Bonchev–Trinajstić information content (AvgIpc) is 2.77. The summed E-state index contributed by atoms with van der Waals surface area (Å²) in [5, 5.41) is 3.93. The molecule has 0 aliphatic carbocycles. The molecule has 1 aliphatic heterocycles. The van der Waals surface area contributed by atoms with E-state index in [0.717, 1.165) is 29.3 Å². The summed E-state index contributed by atoms with van der Waals surface area (Å²) in [7, 11) is 0. The third-order valence-electron chi connectivity index (χ3n) is 3.50. The van der Waals surface area contributed by atoms with Gasteiger partial charge < -0.3 is 5.32 Å². The first-order chi connectivity index (χ1) is 8.58. The van der Waals surface area contributed by atoms with Crippen molar-refractivity contribution >= 4 is 22.6 Å². The lowest BCUT2D eigenvalue weighted by Crippen LogP contribution is -2.24. The van der Waals surface area contributed by atoms with E-state index >= 15 is 0 Å². The van der Waals surface area contributed by atoms with E-state index in [-0.39, 0.29) is 11.4 Å². The minimum Gasteiger partial charge on any atom is -0.333 e. The Balaban J connectivity index is 2.15. The third kappa shape index (κ3) is 2.69. The van der Waals surface area contributed by atoms with E-state index in [4.69, 9.17) is 4.99 Å². The molecule has 0 amide bonds. The van der Waals surface area contributed by atoms with Crippen molar-refractivity contribution in [1.29, 1.82) is 0 Å². The van der Waals surface area contributed by atoms with Crippen molar-refractivity contribution in [3.05, 3.63) is 29.6 Å². The van der Waals surface area contributed by atoms with Gasteiger partial charge in [-0.25, -0.2) is 4.39 Å². The number of hydrogen-bond donors (Lipinski definition) is 1. The van der Waals surface area contributed by atoms with Crippen LogP contribution in [0, 0.1) is 12.7 Å². The lowest BCUT2D eigenvalue weighted by Gasteiger charge is -2.20. The van der Waals surface area contributed by atoms with E-state index in [1.54, 1.807) is 17.8 Å². The summed E-state index contributed by atoms with van der Waals surface area (Å²) >= 11 is 1.68. The van der Waals surface area contributed by atoms with Crippen LogP contribution in [-0.2, 0) is 0 Å². The van der Waals surface area contributed by atoms with Crippen LogP contribution in [0.3, 0.4) is 0 Å². The number of hydrogen-bond acceptors (Lipinski definition) is 3. The Morgan fingerprint density at radius 1 is 1.39 bits per heavy atom. The van der Waals surface area contributed by atoms with Gasteiger partial charge in [-0.1, -0.05) is 31.7 Å². The van der Waals surface area contributed by atoms with Crippen molar-refractivity contribution in [3.63, 3.8) is 0 Å². The lowest BCUT2D eigenvalue weighted by atomic mass is 9.97. The average molecular weight is 266 g/mol. The minimum absolute atomic E-state index is 0.0359. The molecule has 0 atom stereocenters. The molecule has 1 aliphatic rings. The van der Waals surface area contributed by atoms with E-state index in [0.29, 0.717) is 5.69 Å². The van der Waals surface area contributed by atoms with Crippen molar-refractivity contribution in [1.82, 2.24) is 0 Å². The number of anilines is 1. The number of nitrogens with zero attached hydrogens (tertiary/aromatic N) is 1. The molecule has 1 heterocycles. The molecule has 4 heteroatoms. The SMILES string of the molecule is CCC1(CC)CSC(Nc2ccc(C)cc2F)=N1. The minimum atomic E-state index is -0.219. The Bertz CT molecular complexity index is 467. The quantitative estimate of drug-likeness (QED) is 0.886. The van der Waals surface area contributed by atoms with Gasteiger partial charge in [0.2, 0.25) is 0 Å². The molecule has 0 radical (unpaired) electrons. The number of halogens is 1. The van der Waals surface area contributed by atoms with Gasteiger partial charge in [0.05, 0.1) is 11.2 Å². The monoisotopic (exact) mass is 266 g/mol. The fraction of sp³-hybridized carbons (Fsp3) is 0.500. The van der Waals surface area contributed by atoms with Gasteiger partial charge in [-0.15, -0.1) is 0 Å². The third-order valence-corrected chi connectivity index (χ3v) is 4.65. The Labute approximate surface area is 112 Å². The highest BCUT2D eigenvalue weighted by Crippen LogP contribution is 2.34. The molecule has 1 aromatic carbocycles. The Morgan fingerprint density at radius 2 is 2.11 bits per heavy atom. The summed E-state index contributed by atoms with van der Waals surface area (Å²) in [4.78, 5) is 4.72. The number of amidine groups is 1. The highest BCUT2D eigenvalue weighted by atomic mass is 32.2. The van der Waals surface area contributed by atoms with Crippen LogP contribution in [0.1, 0.15) is 32.3 Å². The van der Waals surface area contributed by atoms with Crippen LogP contribution in [0.2, 0.25) is 0 Å². The van der Waals surface area contributed by atoms with Gasteiger partial charge in [0.15, 0.2) is 5.17 Å². The van der Waals surface area contributed by atoms with Gasteiger partial charge in [-0.2, -0.15) is 0 Å². The van der Waals surface area contributed by atoms with Crippen molar-refractivity contribution in [3.8, 4) is 0 Å². The summed E-state index contributed by atoms with van der Waals surface area (Å²) in [6.45, 7) is 6.19. The van der Waals surface area contributed by atoms with Crippen LogP contribution in [0.5, 0.6) is 0 Å². The second-order valence-corrected chi connectivity index (χ2v) is 5.71.